The predicted molar refractivity (Wildman–Crippen MR) is 107 cm³/mol. The fourth-order valence-electron chi connectivity index (χ4n) is 6.39. The molecule has 2 saturated carbocycles. The Kier molecular flexibility index (Phi) is 5.13. The molecule has 3 aliphatic rings. The van der Waals surface area contributed by atoms with Crippen molar-refractivity contribution in [3.8, 4) is 0 Å². The van der Waals surface area contributed by atoms with Gasteiger partial charge in [0.25, 0.3) is 0 Å². The molecule has 0 aliphatic heterocycles. The molecule has 0 heterocycles. The molecule has 0 saturated heterocycles. The molecule has 24 heavy (non-hydrogen) atoms. The van der Waals surface area contributed by atoms with Crippen molar-refractivity contribution >= 4 is 31.9 Å². The first-order chi connectivity index (χ1) is 11.1. The van der Waals surface area contributed by atoms with Crippen molar-refractivity contribution in [2.45, 2.75) is 69.9 Å². The van der Waals surface area contributed by atoms with Gasteiger partial charge in [0.1, 0.15) is 0 Å². The normalized spacial score (nSPS) is 54.5. The number of hydrogen-bond donors (Lipinski definition) is 2. The van der Waals surface area contributed by atoms with E-state index in [1.807, 2.05) is 6.92 Å². The lowest BCUT2D eigenvalue weighted by molar-refractivity contribution is -0.214. The average molecular weight is 464 g/mol. The fraction of sp³-hybridized carbons (Fsp3) is 0.900. The van der Waals surface area contributed by atoms with Crippen molar-refractivity contribution in [1.82, 2.24) is 0 Å². The maximum Gasteiger partial charge on any atom is 0.0917 e. The Hall–Kier alpha value is 0.620. The van der Waals surface area contributed by atoms with Gasteiger partial charge in [0.05, 0.1) is 11.7 Å². The number of aliphatic hydroxyl groups excluding tert-OH is 1. The molecule has 0 spiro atoms. The summed E-state index contributed by atoms with van der Waals surface area (Å²) >= 11 is 7.74. The zero-order valence-electron chi connectivity index (χ0n) is 15.3. The zero-order valence-corrected chi connectivity index (χ0v) is 18.5. The van der Waals surface area contributed by atoms with Crippen LogP contribution in [-0.4, -0.2) is 32.1 Å². The van der Waals surface area contributed by atoms with Gasteiger partial charge in [0.2, 0.25) is 0 Å². The second-order valence-corrected chi connectivity index (χ2v) is 11.0. The Morgan fingerprint density at radius 2 is 1.92 bits per heavy atom. The van der Waals surface area contributed by atoms with E-state index in [4.69, 9.17) is 0 Å². The molecule has 4 heteroatoms. The van der Waals surface area contributed by atoms with Crippen LogP contribution in [0.2, 0.25) is 0 Å². The van der Waals surface area contributed by atoms with Crippen LogP contribution < -0.4 is 0 Å². The van der Waals surface area contributed by atoms with Crippen molar-refractivity contribution in [3.63, 3.8) is 0 Å². The summed E-state index contributed by atoms with van der Waals surface area (Å²) in [5.74, 6) is 1.63. The molecule has 3 rings (SSSR count). The third-order valence-corrected chi connectivity index (χ3v) is 10.3. The number of rotatable bonds is 2. The summed E-state index contributed by atoms with van der Waals surface area (Å²) in [6.45, 7) is 8.86. The highest BCUT2D eigenvalue weighted by atomic mass is 79.9. The van der Waals surface area contributed by atoms with Gasteiger partial charge in [0, 0.05) is 16.1 Å². The number of halogens is 2. The highest BCUT2D eigenvalue weighted by Crippen LogP contribution is 2.67. The van der Waals surface area contributed by atoms with E-state index in [1.54, 1.807) is 0 Å². The number of hydrogen-bond acceptors (Lipinski definition) is 2. The van der Waals surface area contributed by atoms with Crippen molar-refractivity contribution < 1.29 is 10.2 Å². The first-order valence-electron chi connectivity index (χ1n) is 9.38. The minimum atomic E-state index is -1.04. The maximum absolute atomic E-state index is 11.4. The minimum absolute atomic E-state index is 0.0161. The van der Waals surface area contributed by atoms with Crippen LogP contribution in [0.25, 0.3) is 0 Å². The van der Waals surface area contributed by atoms with Crippen LogP contribution in [0.5, 0.6) is 0 Å². The Bertz CT molecular complexity index is 518. The smallest absolute Gasteiger partial charge is 0.0917 e. The topological polar surface area (TPSA) is 40.5 Å². The Morgan fingerprint density at radius 1 is 1.25 bits per heavy atom. The van der Waals surface area contributed by atoms with Crippen molar-refractivity contribution in [1.29, 1.82) is 0 Å². The molecule has 0 aromatic heterocycles. The van der Waals surface area contributed by atoms with Crippen LogP contribution in [0.1, 0.15) is 53.4 Å². The first kappa shape index (κ1) is 19.4. The van der Waals surface area contributed by atoms with E-state index in [0.29, 0.717) is 24.2 Å². The molecule has 0 aromatic rings. The number of aliphatic hydroxyl groups is 2. The molecule has 0 amide bonds. The number of allylic oxidation sites excluding steroid dienone is 2. The second kappa shape index (κ2) is 6.35. The lowest BCUT2D eigenvalue weighted by Gasteiger charge is -2.66. The third-order valence-electron chi connectivity index (χ3n) is 7.84. The van der Waals surface area contributed by atoms with Gasteiger partial charge in [-0.1, -0.05) is 64.8 Å². The Labute approximate surface area is 163 Å². The second-order valence-electron chi connectivity index (χ2n) is 9.34. The van der Waals surface area contributed by atoms with Gasteiger partial charge < -0.3 is 10.2 Å². The summed E-state index contributed by atoms with van der Waals surface area (Å²) in [5, 5.41) is 23.0. The summed E-state index contributed by atoms with van der Waals surface area (Å²) in [5.41, 5.74) is -0.843. The fourth-order valence-corrected chi connectivity index (χ4v) is 8.33. The standard InChI is InChI=1S/C20H32Br2O2/c1-12(2)13-6-5-7-14-17-18(3,8-9-20(13,14)11-21)15(22)10-16(23)19(17,4)24/h5,7,12-17,23-24H,6,8-11H2,1-4H3. The number of alkyl halides is 2. The highest BCUT2D eigenvalue weighted by Gasteiger charge is 2.66. The van der Waals surface area contributed by atoms with Gasteiger partial charge in [-0.2, -0.15) is 0 Å². The Morgan fingerprint density at radius 3 is 2.50 bits per heavy atom. The van der Waals surface area contributed by atoms with Crippen LogP contribution in [0.4, 0.5) is 0 Å². The summed E-state index contributed by atoms with van der Waals surface area (Å²) in [6.07, 6.45) is 8.10. The van der Waals surface area contributed by atoms with Crippen LogP contribution in [-0.2, 0) is 0 Å². The van der Waals surface area contributed by atoms with E-state index in [9.17, 15) is 10.2 Å². The molecule has 2 nitrogen and oxygen atoms in total. The predicted octanol–water partition coefficient (Wildman–Crippen LogP) is 4.91. The van der Waals surface area contributed by atoms with Gasteiger partial charge in [-0.05, 0) is 61.2 Å². The Balaban J connectivity index is 2.13. The summed E-state index contributed by atoms with van der Waals surface area (Å²) in [4.78, 5) is 0.256. The SMILES string of the molecule is CC(C)C1CC=CC2C3C(C)(O)C(O)CC(Br)C3(C)CCC21CBr. The molecular weight excluding hydrogens is 432 g/mol. The highest BCUT2D eigenvalue weighted by molar-refractivity contribution is 9.09. The molecule has 0 aromatic carbocycles. The molecule has 8 atom stereocenters. The largest absolute Gasteiger partial charge is 0.390 e. The van der Waals surface area contributed by atoms with E-state index < -0.39 is 11.7 Å². The lowest BCUT2D eigenvalue weighted by Crippen LogP contribution is -2.68. The average Bonchev–Trinajstić information content (AvgIpc) is 2.52. The molecule has 0 bridgehead atoms. The molecule has 8 unspecified atom stereocenters. The van der Waals surface area contributed by atoms with Crippen molar-refractivity contribution in [2.75, 3.05) is 5.33 Å². The maximum atomic E-state index is 11.4. The van der Waals surface area contributed by atoms with E-state index in [0.717, 1.165) is 18.2 Å². The van der Waals surface area contributed by atoms with Crippen LogP contribution in [0, 0.1) is 34.5 Å². The number of fused-ring (bicyclic) bond motifs is 3. The van der Waals surface area contributed by atoms with Crippen molar-refractivity contribution in [3.05, 3.63) is 12.2 Å². The summed E-state index contributed by atoms with van der Waals surface area (Å²) in [6, 6.07) is 0. The molecule has 2 N–H and O–H groups in total. The molecule has 2 fully saturated rings. The van der Waals surface area contributed by atoms with E-state index in [1.165, 1.54) is 6.42 Å². The van der Waals surface area contributed by atoms with Crippen LogP contribution in [0.3, 0.4) is 0 Å². The molecule has 138 valence electrons. The van der Waals surface area contributed by atoms with Gasteiger partial charge in [-0.15, -0.1) is 0 Å². The third kappa shape index (κ3) is 2.53. The van der Waals surface area contributed by atoms with Gasteiger partial charge in [-0.3, -0.25) is 0 Å². The van der Waals surface area contributed by atoms with E-state index in [-0.39, 0.29) is 21.6 Å². The van der Waals surface area contributed by atoms with Crippen molar-refractivity contribution in [2.24, 2.45) is 34.5 Å². The van der Waals surface area contributed by atoms with Gasteiger partial charge in [-0.25, -0.2) is 0 Å². The quantitative estimate of drug-likeness (QED) is 0.451. The minimum Gasteiger partial charge on any atom is -0.390 e. The zero-order chi connectivity index (χ0) is 17.9. The monoisotopic (exact) mass is 462 g/mol. The molecule has 0 radical (unpaired) electrons. The van der Waals surface area contributed by atoms with Gasteiger partial charge >= 0.3 is 0 Å². The van der Waals surface area contributed by atoms with E-state index >= 15 is 0 Å². The van der Waals surface area contributed by atoms with Crippen LogP contribution >= 0.6 is 31.9 Å². The molecular formula is C20H32Br2O2. The lowest BCUT2D eigenvalue weighted by atomic mass is 9.42. The van der Waals surface area contributed by atoms with Gasteiger partial charge in [0.15, 0.2) is 0 Å². The summed E-state index contributed by atoms with van der Waals surface area (Å²) < 4.78 is 0. The molecule has 3 aliphatic carbocycles. The summed E-state index contributed by atoms with van der Waals surface area (Å²) in [7, 11) is 0. The first-order valence-corrected chi connectivity index (χ1v) is 11.4. The van der Waals surface area contributed by atoms with E-state index in [2.05, 4.69) is 64.8 Å². The van der Waals surface area contributed by atoms with Crippen LogP contribution in [0.15, 0.2) is 12.2 Å².